The van der Waals surface area contributed by atoms with Crippen LogP contribution in [0.3, 0.4) is 0 Å². The standard InChI is InChI=1S/C13H27N3O/c1-13(5-2-10-17-11-13)15-6-9-16-7-3-12(14)4-8-16/h12,15H,2-11,14H2,1H3. The highest BCUT2D eigenvalue weighted by molar-refractivity contribution is 4.86. The molecule has 0 aromatic rings. The fraction of sp³-hybridized carbons (Fsp3) is 1.00. The lowest BCUT2D eigenvalue weighted by Crippen LogP contribution is -2.51. The first-order chi connectivity index (χ1) is 8.18. The van der Waals surface area contributed by atoms with Crippen LogP contribution >= 0.6 is 0 Å². The number of hydrogen-bond acceptors (Lipinski definition) is 4. The molecule has 0 saturated carbocycles. The number of nitrogens with zero attached hydrogens (tertiary/aromatic N) is 1. The smallest absolute Gasteiger partial charge is 0.0645 e. The molecule has 17 heavy (non-hydrogen) atoms. The van der Waals surface area contributed by atoms with E-state index in [-0.39, 0.29) is 5.54 Å². The molecule has 100 valence electrons. The predicted octanol–water partition coefficient (Wildman–Crippen LogP) is 0.568. The minimum atomic E-state index is 0.199. The van der Waals surface area contributed by atoms with Crippen molar-refractivity contribution in [3.8, 4) is 0 Å². The molecule has 0 aromatic carbocycles. The second-order valence-corrected chi connectivity index (χ2v) is 5.82. The maximum Gasteiger partial charge on any atom is 0.0645 e. The molecule has 2 saturated heterocycles. The van der Waals surface area contributed by atoms with Crippen LogP contribution in [0.5, 0.6) is 0 Å². The summed E-state index contributed by atoms with van der Waals surface area (Å²) in [6.07, 6.45) is 4.72. The zero-order valence-corrected chi connectivity index (χ0v) is 11.1. The molecule has 3 N–H and O–H groups in total. The Balaban J connectivity index is 1.62. The number of hydrogen-bond donors (Lipinski definition) is 2. The predicted molar refractivity (Wildman–Crippen MR) is 70.1 cm³/mol. The van der Waals surface area contributed by atoms with Crippen molar-refractivity contribution in [2.45, 2.75) is 44.2 Å². The van der Waals surface area contributed by atoms with Gasteiger partial charge in [0.1, 0.15) is 0 Å². The van der Waals surface area contributed by atoms with Gasteiger partial charge in [-0.1, -0.05) is 0 Å². The quantitative estimate of drug-likeness (QED) is 0.755. The van der Waals surface area contributed by atoms with Crippen molar-refractivity contribution in [1.82, 2.24) is 10.2 Å². The van der Waals surface area contributed by atoms with Crippen molar-refractivity contribution >= 4 is 0 Å². The summed E-state index contributed by atoms with van der Waals surface area (Å²) in [6, 6.07) is 0.434. The van der Waals surface area contributed by atoms with E-state index in [4.69, 9.17) is 10.5 Å². The van der Waals surface area contributed by atoms with Crippen molar-refractivity contribution in [1.29, 1.82) is 0 Å². The molecule has 2 fully saturated rings. The molecule has 4 nitrogen and oxygen atoms in total. The average molecular weight is 241 g/mol. The topological polar surface area (TPSA) is 50.5 Å². The number of nitrogens with two attached hydrogens (primary N) is 1. The lowest BCUT2D eigenvalue weighted by molar-refractivity contribution is 0.0273. The summed E-state index contributed by atoms with van der Waals surface area (Å²) >= 11 is 0. The Hall–Kier alpha value is -0.160. The summed E-state index contributed by atoms with van der Waals surface area (Å²) in [5.41, 5.74) is 6.10. The Morgan fingerprint density at radius 3 is 2.82 bits per heavy atom. The molecule has 0 bridgehead atoms. The largest absolute Gasteiger partial charge is 0.380 e. The van der Waals surface area contributed by atoms with Gasteiger partial charge in [0.25, 0.3) is 0 Å². The first-order valence-corrected chi connectivity index (χ1v) is 6.99. The molecule has 0 aromatic heterocycles. The number of rotatable bonds is 4. The summed E-state index contributed by atoms with van der Waals surface area (Å²) in [6.45, 7) is 8.60. The minimum Gasteiger partial charge on any atom is -0.380 e. The molecular weight excluding hydrogens is 214 g/mol. The zero-order valence-electron chi connectivity index (χ0n) is 11.1. The number of piperidine rings is 1. The van der Waals surface area contributed by atoms with Gasteiger partial charge in [0.05, 0.1) is 6.61 Å². The van der Waals surface area contributed by atoms with Gasteiger partial charge in [-0.05, 0) is 45.7 Å². The van der Waals surface area contributed by atoms with E-state index >= 15 is 0 Å². The van der Waals surface area contributed by atoms with Gasteiger partial charge in [-0.15, -0.1) is 0 Å². The Bertz CT molecular complexity index is 221. The molecule has 2 aliphatic heterocycles. The minimum absolute atomic E-state index is 0.199. The van der Waals surface area contributed by atoms with E-state index in [1.165, 1.54) is 12.8 Å². The summed E-state index contributed by atoms with van der Waals surface area (Å²) in [5, 5.41) is 3.66. The van der Waals surface area contributed by atoms with Crippen LogP contribution in [-0.4, -0.2) is 55.9 Å². The molecule has 0 amide bonds. The van der Waals surface area contributed by atoms with Gasteiger partial charge in [-0.3, -0.25) is 0 Å². The lowest BCUT2D eigenvalue weighted by atomic mass is 9.95. The molecule has 2 heterocycles. The van der Waals surface area contributed by atoms with Crippen molar-refractivity contribution in [3.05, 3.63) is 0 Å². The Morgan fingerprint density at radius 2 is 2.18 bits per heavy atom. The molecule has 2 rings (SSSR count). The van der Waals surface area contributed by atoms with E-state index < -0.39 is 0 Å². The third kappa shape index (κ3) is 4.21. The van der Waals surface area contributed by atoms with Gasteiger partial charge in [0, 0.05) is 31.3 Å². The highest BCUT2D eigenvalue weighted by atomic mass is 16.5. The van der Waals surface area contributed by atoms with Gasteiger partial charge in [0.15, 0.2) is 0 Å². The number of likely N-dealkylation sites (tertiary alicyclic amines) is 1. The molecule has 2 aliphatic rings. The fourth-order valence-corrected chi connectivity index (χ4v) is 2.77. The molecule has 4 heteroatoms. The van der Waals surface area contributed by atoms with Crippen molar-refractivity contribution in [2.75, 3.05) is 39.4 Å². The Kier molecular flexibility index (Phi) is 4.79. The number of ether oxygens (including phenoxy) is 1. The zero-order chi connectivity index (χ0) is 12.1. The maximum absolute atomic E-state index is 5.90. The first kappa shape index (κ1) is 13.3. The van der Waals surface area contributed by atoms with Gasteiger partial charge >= 0.3 is 0 Å². The molecule has 1 unspecified atom stereocenters. The second-order valence-electron chi connectivity index (χ2n) is 5.82. The lowest BCUT2D eigenvalue weighted by Gasteiger charge is -2.36. The van der Waals surface area contributed by atoms with Gasteiger partial charge in [-0.25, -0.2) is 0 Å². The normalized spacial score (nSPS) is 32.8. The van der Waals surface area contributed by atoms with Crippen LogP contribution in [0, 0.1) is 0 Å². The second kappa shape index (κ2) is 6.14. The van der Waals surface area contributed by atoms with Crippen LogP contribution in [0.1, 0.15) is 32.6 Å². The summed E-state index contributed by atoms with van der Waals surface area (Å²) in [4.78, 5) is 2.52. The molecule has 0 radical (unpaired) electrons. The average Bonchev–Trinajstić information content (AvgIpc) is 2.32. The monoisotopic (exact) mass is 241 g/mol. The fourth-order valence-electron chi connectivity index (χ4n) is 2.77. The summed E-state index contributed by atoms with van der Waals surface area (Å²) in [5.74, 6) is 0. The van der Waals surface area contributed by atoms with Crippen molar-refractivity contribution in [3.63, 3.8) is 0 Å². The third-order valence-electron chi connectivity index (χ3n) is 4.05. The van der Waals surface area contributed by atoms with E-state index in [0.29, 0.717) is 6.04 Å². The van der Waals surface area contributed by atoms with E-state index in [2.05, 4.69) is 17.1 Å². The first-order valence-electron chi connectivity index (χ1n) is 6.99. The van der Waals surface area contributed by atoms with Crippen molar-refractivity contribution in [2.24, 2.45) is 5.73 Å². The van der Waals surface area contributed by atoms with Crippen LogP contribution in [-0.2, 0) is 4.74 Å². The Morgan fingerprint density at radius 1 is 1.41 bits per heavy atom. The molecule has 0 aliphatic carbocycles. The SMILES string of the molecule is CC1(NCCN2CCC(N)CC2)CCCOC1. The molecule has 0 spiro atoms. The van der Waals surface area contributed by atoms with Gasteiger partial charge in [-0.2, -0.15) is 0 Å². The van der Waals surface area contributed by atoms with Crippen LogP contribution in [0.15, 0.2) is 0 Å². The Labute approximate surface area is 105 Å². The van der Waals surface area contributed by atoms with Crippen molar-refractivity contribution < 1.29 is 4.74 Å². The van der Waals surface area contributed by atoms with E-state index in [9.17, 15) is 0 Å². The number of nitrogens with one attached hydrogen (secondary N) is 1. The van der Waals surface area contributed by atoms with E-state index in [1.807, 2.05) is 0 Å². The van der Waals surface area contributed by atoms with Gasteiger partial charge in [0.2, 0.25) is 0 Å². The molecular formula is C13H27N3O. The third-order valence-corrected chi connectivity index (χ3v) is 4.05. The van der Waals surface area contributed by atoms with E-state index in [0.717, 1.165) is 52.2 Å². The highest BCUT2D eigenvalue weighted by Gasteiger charge is 2.26. The molecule has 1 atom stereocenters. The van der Waals surface area contributed by atoms with Crippen LogP contribution in [0.4, 0.5) is 0 Å². The summed E-state index contributed by atoms with van der Waals surface area (Å²) < 4.78 is 5.55. The van der Waals surface area contributed by atoms with Crippen LogP contribution in [0.2, 0.25) is 0 Å². The van der Waals surface area contributed by atoms with Gasteiger partial charge < -0.3 is 20.7 Å². The van der Waals surface area contributed by atoms with E-state index in [1.54, 1.807) is 0 Å². The summed E-state index contributed by atoms with van der Waals surface area (Å²) in [7, 11) is 0. The van der Waals surface area contributed by atoms with Crippen LogP contribution in [0.25, 0.3) is 0 Å². The van der Waals surface area contributed by atoms with Crippen LogP contribution < -0.4 is 11.1 Å². The highest BCUT2D eigenvalue weighted by Crippen LogP contribution is 2.18. The maximum atomic E-state index is 5.90.